The number of aryl methyl sites for hydroxylation is 1. The summed E-state index contributed by atoms with van der Waals surface area (Å²) in [4.78, 5) is 0. The van der Waals surface area contributed by atoms with E-state index in [1.807, 2.05) is 0 Å². The number of nitrogens with one attached hydrogen (secondary N) is 1. The minimum absolute atomic E-state index is 0.587. The van der Waals surface area contributed by atoms with Crippen LogP contribution < -0.4 is 5.32 Å². The number of hydrogen-bond acceptors (Lipinski definition) is 3. The monoisotopic (exact) mass is 194 g/mol. The fourth-order valence-electron chi connectivity index (χ4n) is 2.18. The maximum absolute atomic E-state index is 5.45. The first kappa shape index (κ1) is 9.71. The zero-order valence-electron chi connectivity index (χ0n) is 8.97. The van der Waals surface area contributed by atoms with Crippen molar-refractivity contribution in [2.24, 2.45) is 0 Å². The molecule has 0 unspecified atom stereocenters. The van der Waals surface area contributed by atoms with E-state index in [1.54, 1.807) is 0 Å². The van der Waals surface area contributed by atoms with Crippen LogP contribution in [0.2, 0.25) is 0 Å². The van der Waals surface area contributed by atoms with Crippen molar-refractivity contribution in [1.82, 2.24) is 10.5 Å². The highest BCUT2D eigenvalue weighted by Crippen LogP contribution is 2.29. The van der Waals surface area contributed by atoms with E-state index < -0.39 is 0 Å². The molecule has 78 valence electrons. The summed E-state index contributed by atoms with van der Waals surface area (Å²) in [5, 5.41) is 7.48. The zero-order valence-corrected chi connectivity index (χ0v) is 8.97. The molecular weight excluding hydrogens is 176 g/mol. The second-order valence-electron chi connectivity index (χ2n) is 4.00. The van der Waals surface area contributed by atoms with Gasteiger partial charge in [-0.25, -0.2) is 0 Å². The summed E-state index contributed by atoms with van der Waals surface area (Å²) in [5.74, 6) is 1.72. The van der Waals surface area contributed by atoms with Crippen LogP contribution in [0.25, 0.3) is 0 Å². The van der Waals surface area contributed by atoms with E-state index in [1.165, 1.54) is 18.4 Å². The van der Waals surface area contributed by atoms with Crippen LogP contribution in [0, 0.1) is 6.92 Å². The smallest absolute Gasteiger partial charge is 0.143 e. The average molecular weight is 194 g/mol. The van der Waals surface area contributed by atoms with Crippen LogP contribution in [-0.2, 0) is 6.42 Å². The largest absolute Gasteiger partial charge is 0.361 e. The molecule has 0 spiro atoms. The van der Waals surface area contributed by atoms with Crippen molar-refractivity contribution in [2.45, 2.75) is 39.0 Å². The van der Waals surface area contributed by atoms with E-state index in [0.29, 0.717) is 5.92 Å². The average Bonchev–Trinajstić information content (AvgIpc) is 2.61. The standard InChI is InChI=1S/C11H18N2O/c1-3-10-8(2)11(14-13-10)9-4-6-12-7-5-9/h9,12H,3-7H2,1-2H3. The number of nitrogens with zero attached hydrogens (tertiary/aromatic N) is 1. The summed E-state index contributed by atoms with van der Waals surface area (Å²) in [7, 11) is 0. The third-order valence-corrected chi connectivity index (χ3v) is 3.10. The maximum atomic E-state index is 5.45. The number of rotatable bonds is 2. The van der Waals surface area contributed by atoms with Crippen LogP contribution in [0.5, 0.6) is 0 Å². The molecule has 1 aromatic rings. The van der Waals surface area contributed by atoms with E-state index in [0.717, 1.165) is 31.0 Å². The number of hydrogen-bond donors (Lipinski definition) is 1. The van der Waals surface area contributed by atoms with Gasteiger partial charge in [-0.15, -0.1) is 0 Å². The summed E-state index contributed by atoms with van der Waals surface area (Å²) < 4.78 is 5.45. The summed E-state index contributed by atoms with van der Waals surface area (Å²) >= 11 is 0. The van der Waals surface area contributed by atoms with Crippen molar-refractivity contribution >= 4 is 0 Å². The lowest BCUT2D eigenvalue weighted by molar-refractivity contribution is 0.324. The van der Waals surface area contributed by atoms with Crippen LogP contribution >= 0.6 is 0 Å². The minimum Gasteiger partial charge on any atom is -0.361 e. The molecule has 0 aliphatic carbocycles. The van der Waals surface area contributed by atoms with Crippen molar-refractivity contribution < 1.29 is 4.52 Å². The molecule has 0 atom stereocenters. The molecule has 3 nitrogen and oxygen atoms in total. The lowest BCUT2D eigenvalue weighted by Gasteiger charge is -2.20. The second-order valence-corrected chi connectivity index (χ2v) is 4.00. The third-order valence-electron chi connectivity index (χ3n) is 3.10. The normalized spacial score (nSPS) is 18.7. The molecule has 0 bridgehead atoms. The van der Waals surface area contributed by atoms with Crippen molar-refractivity contribution in [3.63, 3.8) is 0 Å². The van der Waals surface area contributed by atoms with Gasteiger partial charge in [0.05, 0.1) is 5.69 Å². The fourth-order valence-corrected chi connectivity index (χ4v) is 2.18. The van der Waals surface area contributed by atoms with Crippen molar-refractivity contribution in [2.75, 3.05) is 13.1 Å². The number of aromatic nitrogens is 1. The molecule has 1 N–H and O–H groups in total. The Balaban J connectivity index is 2.18. The second kappa shape index (κ2) is 4.13. The molecule has 1 aliphatic rings. The summed E-state index contributed by atoms with van der Waals surface area (Å²) in [6.45, 7) is 6.46. The van der Waals surface area contributed by atoms with Crippen molar-refractivity contribution in [3.8, 4) is 0 Å². The SMILES string of the molecule is CCc1noc(C2CCNCC2)c1C. The Kier molecular flexibility index (Phi) is 2.87. The predicted octanol–water partition coefficient (Wildman–Crippen LogP) is 2.01. The van der Waals surface area contributed by atoms with Gasteiger partial charge in [0.25, 0.3) is 0 Å². The van der Waals surface area contributed by atoms with E-state index in [2.05, 4.69) is 24.3 Å². The van der Waals surface area contributed by atoms with Crippen molar-refractivity contribution in [1.29, 1.82) is 0 Å². The molecule has 0 aromatic carbocycles. The maximum Gasteiger partial charge on any atom is 0.143 e. The molecule has 1 aliphatic heterocycles. The molecule has 0 amide bonds. The molecule has 0 saturated carbocycles. The molecule has 1 fully saturated rings. The quantitative estimate of drug-likeness (QED) is 0.782. The van der Waals surface area contributed by atoms with Gasteiger partial charge in [-0.1, -0.05) is 12.1 Å². The van der Waals surface area contributed by atoms with Gasteiger partial charge in [0, 0.05) is 11.5 Å². The molecular formula is C11H18N2O. The van der Waals surface area contributed by atoms with E-state index in [9.17, 15) is 0 Å². The van der Waals surface area contributed by atoms with Gasteiger partial charge in [-0.3, -0.25) is 0 Å². The highest BCUT2D eigenvalue weighted by Gasteiger charge is 2.22. The van der Waals surface area contributed by atoms with Gasteiger partial charge in [0.15, 0.2) is 0 Å². The molecule has 2 rings (SSSR count). The van der Waals surface area contributed by atoms with Crippen LogP contribution in [0.3, 0.4) is 0 Å². The van der Waals surface area contributed by atoms with Gasteiger partial charge in [-0.05, 0) is 39.3 Å². The van der Waals surface area contributed by atoms with E-state index in [4.69, 9.17) is 4.52 Å². The molecule has 2 heterocycles. The molecule has 3 heteroatoms. The Morgan fingerprint density at radius 2 is 2.14 bits per heavy atom. The zero-order chi connectivity index (χ0) is 9.97. The first-order valence-electron chi connectivity index (χ1n) is 5.48. The van der Waals surface area contributed by atoms with E-state index in [-0.39, 0.29) is 0 Å². The van der Waals surface area contributed by atoms with Crippen LogP contribution in [0.15, 0.2) is 4.52 Å². The Bertz CT molecular complexity index is 300. The van der Waals surface area contributed by atoms with E-state index >= 15 is 0 Å². The third kappa shape index (κ3) is 1.69. The van der Waals surface area contributed by atoms with Crippen LogP contribution in [-0.4, -0.2) is 18.2 Å². The molecule has 0 radical (unpaired) electrons. The first-order valence-corrected chi connectivity index (χ1v) is 5.48. The lowest BCUT2D eigenvalue weighted by Crippen LogP contribution is -2.26. The van der Waals surface area contributed by atoms with Gasteiger partial charge in [0.2, 0.25) is 0 Å². The van der Waals surface area contributed by atoms with Gasteiger partial charge in [0.1, 0.15) is 5.76 Å². The Labute approximate surface area is 84.9 Å². The molecule has 14 heavy (non-hydrogen) atoms. The highest BCUT2D eigenvalue weighted by molar-refractivity contribution is 5.24. The number of piperidine rings is 1. The van der Waals surface area contributed by atoms with Crippen LogP contribution in [0.4, 0.5) is 0 Å². The predicted molar refractivity (Wildman–Crippen MR) is 55.5 cm³/mol. The highest BCUT2D eigenvalue weighted by atomic mass is 16.5. The molecule has 1 aromatic heterocycles. The van der Waals surface area contributed by atoms with Crippen molar-refractivity contribution in [3.05, 3.63) is 17.0 Å². The van der Waals surface area contributed by atoms with Gasteiger partial charge in [-0.2, -0.15) is 0 Å². The fraction of sp³-hybridized carbons (Fsp3) is 0.727. The summed E-state index contributed by atoms with van der Waals surface area (Å²) in [6.07, 6.45) is 3.33. The van der Waals surface area contributed by atoms with Crippen LogP contribution in [0.1, 0.15) is 42.7 Å². The first-order chi connectivity index (χ1) is 6.83. The summed E-state index contributed by atoms with van der Waals surface area (Å²) in [6, 6.07) is 0. The van der Waals surface area contributed by atoms with Gasteiger partial charge < -0.3 is 9.84 Å². The lowest BCUT2D eigenvalue weighted by atomic mass is 9.92. The Hall–Kier alpha value is -0.830. The summed E-state index contributed by atoms with van der Waals surface area (Å²) in [5.41, 5.74) is 2.40. The Morgan fingerprint density at radius 3 is 2.71 bits per heavy atom. The Morgan fingerprint density at radius 1 is 1.43 bits per heavy atom. The topological polar surface area (TPSA) is 38.1 Å². The molecule has 1 saturated heterocycles. The minimum atomic E-state index is 0.587. The van der Waals surface area contributed by atoms with Gasteiger partial charge >= 0.3 is 0 Å².